The van der Waals surface area contributed by atoms with Gasteiger partial charge in [0.05, 0.1) is 4.88 Å². The summed E-state index contributed by atoms with van der Waals surface area (Å²) in [5.74, 6) is 0. The Labute approximate surface area is 79.7 Å². The minimum atomic E-state index is 1.11. The van der Waals surface area contributed by atoms with Gasteiger partial charge >= 0.3 is 0 Å². The maximum absolute atomic E-state index is 4.42. The molecular formula is C9H9NS2. The highest BCUT2D eigenvalue weighted by Gasteiger charge is 2.03. The molecule has 2 heterocycles. The summed E-state index contributed by atoms with van der Waals surface area (Å²) >= 11 is 3.48. The molecule has 0 spiro atoms. The van der Waals surface area contributed by atoms with Gasteiger partial charge in [-0.2, -0.15) is 0 Å². The number of rotatable bonds is 1. The zero-order valence-electron chi connectivity index (χ0n) is 7.00. The first-order chi connectivity index (χ1) is 5.75. The summed E-state index contributed by atoms with van der Waals surface area (Å²) in [6, 6.07) is 2.18. The van der Waals surface area contributed by atoms with E-state index >= 15 is 0 Å². The third-order valence-electron chi connectivity index (χ3n) is 1.56. The molecule has 2 rings (SSSR count). The largest absolute Gasteiger partial charge is 0.241 e. The summed E-state index contributed by atoms with van der Waals surface area (Å²) in [7, 11) is 0. The van der Waals surface area contributed by atoms with Crippen LogP contribution in [-0.4, -0.2) is 4.98 Å². The minimum Gasteiger partial charge on any atom is -0.241 e. The van der Waals surface area contributed by atoms with Gasteiger partial charge < -0.3 is 0 Å². The van der Waals surface area contributed by atoms with Crippen molar-refractivity contribution in [2.75, 3.05) is 0 Å². The lowest BCUT2D eigenvalue weighted by atomic mass is 10.3. The highest BCUT2D eigenvalue weighted by atomic mass is 32.1. The maximum atomic E-state index is 4.42. The van der Waals surface area contributed by atoms with Crippen LogP contribution in [0.2, 0.25) is 0 Å². The molecule has 0 bridgehead atoms. The summed E-state index contributed by atoms with van der Waals surface area (Å²) in [4.78, 5) is 5.71. The lowest BCUT2D eigenvalue weighted by Gasteiger charge is -1.85. The molecule has 3 heteroatoms. The smallest absolute Gasteiger partial charge is 0.133 e. The molecule has 0 amide bonds. The second-order valence-electron chi connectivity index (χ2n) is 2.78. The molecule has 0 aromatic carbocycles. The van der Waals surface area contributed by atoms with Crippen LogP contribution in [0.4, 0.5) is 0 Å². The van der Waals surface area contributed by atoms with Crippen LogP contribution in [0.5, 0.6) is 0 Å². The van der Waals surface area contributed by atoms with Gasteiger partial charge in [-0.3, -0.25) is 0 Å². The van der Waals surface area contributed by atoms with Crippen molar-refractivity contribution in [3.8, 4) is 9.88 Å². The Balaban J connectivity index is 2.43. The molecule has 0 aliphatic carbocycles. The highest BCUT2D eigenvalue weighted by molar-refractivity contribution is 7.20. The van der Waals surface area contributed by atoms with Crippen LogP contribution in [0.15, 0.2) is 16.8 Å². The average molecular weight is 195 g/mol. The van der Waals surface area contributed by atoms with Crippen LogP contribution in [-0.2, 0) is 0 Å². The van der Waals surface area contributed by atoms with E-state index < -0.39 is 0 Å². The van der Waals surface area contributed by atoms with Gasteiger partial charge in [-0.05, 0) is 30.9 Å². The number of thiazole rings is 1. The van der Waals surface area contributed by atoms with Crippen molar-refractivity contribution in [3.05, 3.63) is 28.1 Å². The molecular weight excluding hydrogens is 186 g/mol. The number of hydrogen-bond donors (Lipinski definition) is 0. The van der Waals surface area contributed by atoms with E-state index in [9.17, 15) is 0 Å². The summed E-state index contributed by atoms with van der Waals surface area (Å²) in [5.41, 5.74) is 2.43. The van der Waals surface area contributed by atoms with E-state index in [1.165, 1.54) is 10.4 Å². The topological polar surface area (TPSA) is 12.9 Å². The van der Waals surface area contributed by atoms with Crippen molar-refractivity contribution in [3.63, 3.8) is 0 Å². The SMILES string of the molecule is Cc1csc(-c2nc(C)cs2)c1. The molecule has 12 heavy (non-hydrogen) atoms. The summed E-state index contributed by atoms with van der Waals surface area (Å²) in [6.45, 7) is 4.14. The first-order valence-corrected chi connectivity index (χ1v) is 5.49. The highest BCUT2D eigenvalue weighted by Crippen LogP contribution is 2.29. The van der Waals surface area contributed by atoms with E-state index in [1.54, 1.807) is 22.7 Å². The van der Waals surface area contributed by atoms with Crippen LogP contribution in [0.25, 0.3) is 9.88 Å². The Bertz CT molecular complexity index is 348. The molecule has 2 aromatic heterocycles. The number of aryl methyl sites for hydroxylation is 2. The van der Waals surface area contributed by atoms with Gasteiger partial charge in [0.2, 0.25) is 0 Å². The zero-order valence-corrected chi connectivity index (χ0v) is 8.63. The van der Waals surface area contributed by atoms with Crippen molar-refractivity contribution in [1.29, 1.82) is 0 Å². The van der Waals surface area contributed by atoms with Crippen molar-refractivity contribution in [2.45, 2.75) is 13.8 Å². The second-order valence-corrected chi connectivity index (χ2v) is 4.55. The molecule has 0 atom stereocenters. The standard InChI is InChI=1S/C9H9NS2/c1-6-3-8(11-4-6)9-10-7(2)5-12-9/h3-5H,1-2H3. The molecule has 0 aliphatic rings. The Morgan fingerprint density at radius 2 is 2.00 bits per heavy atom. The predicted octanol–water partition coefficient (Wildman–Crippen LogP) is 3.49. The molecule has 62 valence electrons. The fourth-order valence-electron chi connectivity index (χ4n) is 1.01. The third kappa shape index (κ3) is 1.42. The van der Waals surface area contributed by atoms with Crippen LogP contribution in [0.3, 0.4) is 0 Å². The summed E-state index contributed by atoms with van der Waals surface area (Å²) < 4.78 is 0. The van der Waals surface area contributed by atoms with Crippen molar-refractivity contribution < 1.29 is 0 Å². The quantitative estimate of drug-likeness (QED) is 0.678. The third-order valence-corrected chi connectivity index (χ3v) is 3.74. The van der Waals surface area contributed by atoms with Crippen molar-refractivity contribution in [2.24, 2.45) is 0 Å². The summed E-state index contributed by atoms with van der Waals surface area (Å²) in [5, 5.41) is 5.39. The number of hydrogen-bond acceptors (Lipinski definition) is 3. The van der Waals surface area contributed by atoms with Crippen molar-refractivity contribution >= 4 is 22.7 Å². The number of nitrogens with zero attached hydrogens (tertiary/aromatic N) is 1. The molecule has 0 aliphatic heterocycles. The Morgan fingerprint density at radius 1 is 1.17 bits per heavy atom. The molecule has 0 saturated heterocycles. The average Bonchev–Trinajstić information content (AvgIpc) is 2.58. The lowest BCUT2D eigenvalue weighted by molar-refractivity contribution is 1.27. The van der Waals surface area contributed by atoms with Crippen LogP contribution >= 0.6 is 22.7 Å². The van der Waals surface area contributed by atoms with Crippen LogP contribution in [0, 0.1) is 13.8 Å². The van der Waals surface area contributed by atoms with E-state index in [0.717, 1.165) is 10.7 Å². The molecule has 2 aromatic rings. The monoisotopic (exact) mass is 195 g/mol. The van der Waals surface area contributed by atoms with E-state index in [2.05, 4.69) is 28.7 Å². The van der Waals surface area contributed by atoms with E-state index in [1.807, 2.05) is 6.92 Å². The van der Waals surface area contributed by atoms with Gasteiger partial charge in [0, 0.05) is 11.1 Å². The molecule has 1 nitrogen and oxygen atoms in total. The van der Waals surface area contributed by atoms with Crippen molar-refractivity contribution in [1.82, 2.24) is 4.98 Å². The Kier molecular flexibility index (Phi) is 1.98. The van der Waals surface area contributed by atoms with Gasteiger partial charge in [0.15, 0.2) is 0 Å². The van der Waals surface area contributed by atoms with Gasteiger partial charge in [0.25, 0.3) is 0 Å². The Hall–Kier alpha value is -0.670. The van der Waals surface area contributed by atoms with Crippen LogP contribution < -0.4 is 0 Å². The zero-order chi connectivity index (χ0) is 8.55. The molecule has 0 saturated carbocycles. The van der Waals surface area contributed by atoms with E-state index in [0.29, 0.717) is 0 Å². The first-order valence-electron chi connectivity index (χ1n) is 3.73. The summed E-state index contributed by atoms with van der Waals surface area (Å²) in [6.07, 6.45) is 0. The van der Waals surface area contributed by atoms with Gasteiger partial charge in [0.1, 0.15) is 5.01 Å². The number of aromatic nitrogens is 1. The Morgan fingerprint density at radius 3 is 2.50 bits per heavy atom. The van der Waals surface area contributed by atoms with Gasteiger partial charge in [-0.25, -0.2) is 4.98 Å². The second kappa shape index (κ2) is 2.99. The number of thiophene rings is 1. The van der Waals surface area contributed by atoms with E-state index in [-0.39, 0.29) is 0 Å². The van der Waals surface area contributed by atoms with Crippen LogP contribution in [0.1, 0.15) is 11.3 Å². The fraction of sp³-hybridized carbons (Fsp3) is 0.222. The molecule has 0 N–H and O–H groups in total. The predicted molar refractivity (Wildman–Crippen MR) is 54.9 cm³/mol. The molecule has 0 unspecified atom stereocenters. The van der Waals surface area contributed by atoms with E-state index in [4.69, 9.17) is 0 Å². The molecule has 0 fully saturated rings. The van der Waals surface area contributed by atoms with Gasteiger partial charge in [-0.1, -0.05) is 0 Å². The fourth-order valence-corrected chi connectivity index (χ4v) is 2.79. The first kappa shape index (κ1) is 7.95. The molecule has 0 radical (unpaired) electrons. The normalized spacial score (nSPS) is 10.5. The minimum absolute atomic E-state index is 1.11. The van der Waals surface area contributed by atoms with Gasteiger partial charge in [-0.15, -0.1) is 22.7 Å². The lowest BCUT2D eigenvalue weighted by Crippen LogP contribution is -1.70. The maximum Gasteiger partial charge on any atom is 0.133 e.